The highest BCUT2D eigenvalue weighted by Crippen LogP contribution is 2.35. The molecule has 0 saturated carbocycles. The quantitative estimate of drug-likeness (QED) is 0.300. The summed E-state index contributed by atoms with van der Waals surface area (Å²) in [6.45, 7) is 8.17. The molecule has 198 valence electrons. The van der Waals surface area contributed by atoms with Crippen LogP contribution in [-0.4, -0.2) is 62.9 Å². The summed E-state index contributed by atoms with van der Waals surface area (Å²) in [6.07, 6.45) is 1.77. The molecule has 0 amide bonds. The lowest BCUT2D eigenvalue weighted by atomic mass is 9.96. The van der Waals surface area contributed by atoms with E-state index in [9.17, 15) is 10.2 Å². The van der Waals surface area contributed by atoms with Gasteiger partial charge in [-0.1, -0.05) is 30.3 Å². The van der Waals surface area contributed by atoms with Crippen LogP contribution in [0.25, 0.3) is 33.4 Å². The first-order valence-corrected chi connectivity index (χ1v) is 14.1. The van der Waals surface area contributed by atoms with Gasteiger partial charge in [0.15, 0.2) is 11.5 Å². The summed E-state index contributed by atoms with van der Waals surface area (Å²) in [5.74, 6) is 1.16. The molecule has 2 heterocycles. The molecule has 0 spiro atoms. The number of aromatic nitrogens is 2. The van der Waals surface area contributed by atoms with E-state index >= 15 is 0 Å². The first kappa shape index (κ1) is 26.4. The molecule has 7 nitrogen and oxygen atoms in total. The van der Waals surface area contributed by atoms with E-state index < -0.39 is 5.91 Å². The van der Waals surface area contributed by atoms with Gasteiger partial charge in [-0.25, -0.2) is 9.88 Å². The Bertz CT molecular complexity index is 1440. The van der Waals surface area contributed by atoms with Crippen molar-refractivity contribution in [2.45, 2.75) is 26.7 Å². The zero-order valence-corrected chi connectivity index (χ0v) is 22.8. The highest BCUT2D eigenvalue weighted by atomic mass is 32.2. The zero-order chi connectivity index (χ0) is 26.7. The number of aryl methyl sites for hydroxylation is 1. The van der Waals surface area contributed by atoms with Crippen LogP contribution in [0.2, 0.25) is 0 Å². The second-order valence-corrected chi connectivity index (χ2v) is 10.4. The molecular formula is C30H33N3O4S. The molecular weight excluding hydrogens is 498 g/mol. The van der Waals surface area contributed by atoms with Crippen molar-refractivity contribution >= 4 is 22.8 Å². The monoisotopic (exact) mass is 531 g/mol. The third-order valence-electron chi connectivity index (χ3n) is 6.76. The lowest BCUT2D eigenvalue weighted by Gasteiger charge is -2.38. The zero-order valence-electron chi connectivity index (χ0n) is 22.0. The Morgan fingerprint density at radius 1 is 0.921 bits per heavy atom. The minimum Gasteiger partial charge on any atom is -0.490 e. The first-order chi connectivity index (χ1) is 18.4. The van der Waals surface area contributed by atoms with Gasteiger partial charge in [-0.2, -0.15) is 11.8 Å². The number of benzene rings is 3. The first-order valence-electron chi connectivity index (χ1n) is 13.0. The summed E-state index contributed by atoms with van der Waals surface area (Å²) < 4.78 is 11.5. The van der Waals surface area contributed by atoms with Gasteiger partial charge in [0.05, 0.1) is 36.1 Å². The molecule has 0 atom stereocenters. The summed E-state index contributed by atoms with van der Waals surface area (Å²) in [5, 5.41) is 22.1. The predicted octanol–water partition coefficient (Wildman–Crippen LogP) is 5.21. The molecule has 1 aromatic heterocycles. The fourth-order valence-corrected chi connectivity index (χ4v) is 5.77. The van der Waals surface area contributed by atoms with E-state index in [-0.39, 0.29) is 0 Å². The van der Waals surface area contributed by atoms with Gasteiger partial charge >= 0.3 is 0 Å². The molecule has 0 unspecified atom stereocenters. The van der Waals surface area contributed by atoms with Gasteiger partial charge in [0, 0.05) is 41.3 Å². The highest BCUT2D eigenvalue weighted by Gasteiger charge is 2.36. The summed E-state index contributed by atoms with van der Waals surface area (Å²) >= 11 is 1.83. The fraction of sp³-hybridized carbons (Fsp3) is 0.333. The predicted molar refractivity (Wildman–Crippen MR) is 152 cm³/mol. The van der Waals surface area contributed by atoms with Crippen LogP contribution in [0.15, 0.2) is 60.8 Å². The smallest absolute Gasteiger partial charge is 0.253 e. The van der Waals surface area contributed by atoms with Gasteiger partial charge in [-0.05, 0) is 56.2 Å². The number of fused-ring (bicyclic) bond motifs is 1. The van der Waals surface area contributed by atoms with Crippen LogP contribution in [0.4, 0.5) is 0 Å². The number of rotatable bonds is 8. The van der Waals surface area contributed by atoms with Crippen molar-refractivity contribution in [1.29, 1.82) is 0 Å². The standard InChI is InChI=1S/C30H33N3O4S/c1-4-36-27-12-10-22(18-28(27)37-5-2)26-19-31-25-8-6-7-23(29(25)32-26)21-9-11-24(20(3)17-21)30(34,35)33-13-15-38-16-14-33/h6-12,17-19,34-35H,4-5,13-16H2,1-3H3. The molecule has 1 aliphatic rings. The van der Waals surface area contributed by atoms with E-state index in [0.29, 0.717) is 43.4 Å². The number of para-hydroxylation sites is 1. The van der Waals surface area contributed by atoms with Crippen LogP contribution in [-0.2, 0) is 5.91 Å². The Kier molecular flexibility index (Phi) is 7.85. The van der Waals surface area contributed by atoms with E-state index in [1.54, 1.807) is 11.1 Å². The lowest BCUT2D eigenvalue weighted by molar-refractivity contribution is -0.273. The van der Waals surface area contributed by atoms with Crippen molar-refractivity contribution in [3.8, 4) is 33.9 Å². The second-order valence-electron chi connectivity index (χ2n) is 9.22. The largest absolute Gasteiger partial charge is 0.490 e. The van der Waals surface area contributed by atoms with Crippen molar-refractivity contribution in [2.24, 2.45) is 0 Å². The topological polar surface area (TPSA) is 87.9 Å². The average molecular weight is 532 g/mol. The van der Waals surface area contributed by atoms with Gasteiger partial charge in [-0.15, -0.1) is 0 Å². The van der Waals surface area contributed by atoms with Crippen LogP contribution in [0.3, 0.4) is 0 Å². The minimum atomic E-state index is -2.00. The maximum absolute atomic E-state index is 11.0. The van der Waals surface area contributed by atoms with Crippen molar-refractivity contribution < 1.29 is 19.7 Å². The fourth-order valence-electron chi connectivity index (χ4n) is 4.87. The van der Waals surface area contributed by atoms with Crippen molar-refractivity contribution in [2.75, 3.05) is 37.8 Å². The van der Waals surface area contributed by atoms with Crippen molar-refractivity contribution in [3.05, 3.63) is 71.9 Å². The molecule has 0 radical (unpaired) electrons. The maximum Gasteiger partial charge on any atom is 0.253 e. The number of thioether (sulfide) groups is 1. The molecule has 0 bridgehead atoms. The molecule has 38 heavy (non-hydrogen) atoms. The van der Waals surface area contributed by atoms with E-state index in [1.807, 2.05) is 87.1 Å². The minimum absolute atomic E-state index is 0.498. The molecule has 1 aliphatic heterocycles. The highest BCUT2D eigenvalue weighted by molar-refractivity contribution is 7.99. The second kappa shape index (κ2) is 11.3. The Morgan fingerprint density at radius 3 is 2.39 bits per heavy atom. The van der Waals surface area contributed by atoms with E-state index in [0.717, 1.165) is 50.5 Å². The molecule has 5 rings (SSSR count). The summed E-state index contributed by atoms with van der Waals surface area (Å²) in [5.41, 5.74) is 6.35. The van der Waals surface area contributed by atoms with Gasteiger partial charge in [-0.3, -0.25) is 4.98 Å². The Hall–Kier alpha value is -3.17. The lowest BCUT2D eigenvalue weighted by Crippen LogP contribution is -2.50. The molecule has 8 heteroatoms. The molecule has 1 saturated heterocycles. The van der Waals surface area contributed by atoms with E-state index in [4.69, 9.17) is 19.4 Å². The normalized spacial score (nSPS) is 14.6. The average Bonchev–Trinajstić information content (AvgIpc) is 2.94. The van der Waals surface area contributed by atoms with Crippen LogP contribution < -0.4 is 9.47 Å². The Labute approximate surface area is 227 Å². The van der Waals surface area contributed by atoms with E-state index in [2.05, 4.69) is 0 Å². The Morgan fingerprint density at radius 2 is 1.66 bits per heavy atom. The van der Waals surface area contributed by atoms with Gasteiger partial charge in [0.25, 0.3) is 5.91 Å². The molecule has 2 N–H and O–H groups in total. The number of ether oxygens (including phenoxy) is 2. The number of hydrogen-bond donors (Lipinski definition) is 2. The summed E-state index contributed by atoms with van der Waals surface area (Å²) in [7, 11) is 0. The van der Waals surface area contributed by atoms with Gasteiger partial charge < -0.3 is 19.7 Å². The molecule has 0 aliphatic carbocycles. The van der Waals surface area contributed by atoms with E-state index in [1.165, 1.54) is 0 Å². The van der Waals surface area contributed by atoms with Crippen molar-refractivity contribution in [1.82, 2.24) is 14.9 Å². The van der Waals surface area contributed by atoms with Crippen molar-refractivity contribution in [3.63, 3.8) is 0 Å². The SMILES string of the molecule is CCOc1ccc(-c2cnc3cccc(-c4ccc(C(O)(O)N5CCSCC5)c(C)c4)c3n2)cc1OCC. The number of hydrogen-bond acceptors (Lipinski definition) is 8. The summed E-state index contributed by atoms with van der Waals surface area (Å²) in [6, 6.07) is 17.5. The van der Waals surface area contributed by atoms with Crippen LogP contribution in [0.1, 0.15) is 25.0 Å². The van der Waals surface area contributed by atoms with Gasteiger partial charge in [0.2, 0.25) is 0 Å². The third kappa shape index (κ3) is 5.22. The summed E-state index contributed by atoms with van der Waals surface area (Å²) in [4.78, 5) is 11.4. The third-order valence-corrected chi connectivity index (χ3v) is 7.71. The molecule has 3 aromatic carbocycles. The van der Waals surface area contributed by atoms with Crippen LogP contribution >= 0.6 is 11.8 Å². The maximum atomic E-state index is 11.0. The molecule has 1 fully saturated rings. The van der Waals surface area contributed by atoms with Crippen LogP contribution in [0.5, 0.6) is 11.5 Å². The Balaban J connectivity index is 1.53. The number of nitrogens with zero attached hydrogens (tertiary/aromatic N) is 3. The molecule has 4 aromatic rings. The van der Waals surface area contributed by atoms with Gasteiger partial charge in [0.1, 0.15) is 0 Å². The number of aliphatic hydroxyl groups is 2. The van der Waals surface area contributed by atoms with Crippen LogP contribution in [0, 0.1) is 6.92 Å².